The second-order valence-corrected chi connectivity index (χ2v) is 10.1. The SMILES string of the molecule is CS(=O)(=O)N(CCCC(=O)N[C@H]1C[C@H]2CC[C@H]1C2)c1cc(Cl)ccc1Cl. The lowest BCUT2D eigenvalue weighted by molar-refractivity contribution is -0.122. The number of fused-ring (bicyclic) bond motifs is 2. The smallest absolute Gasteiger partial charge is 0.232 e. The summed E-state index contributed by atoms with van der Waals surface area (Å²) in [6.07, 6.45) is 6.66. The molecule has 1 aromatic rings. The van der Waals surface area contributed by atoms with Crippen molar-refractivity contribution < 1.29 is 13.2 Å². The lowest BCUT2D eigenvalue weighted by atomic mass is 9.95. The van der Waals surface area contributed by atoms with Gasteiger partial charge in [0.25, 0.3) is 0 Å². The van der Waals surface area contributed by atoms with Crippen LogP contribution in [0.3, 0.4) is 0 Å². The molecule has 1 aromatic carbocycles. The number of nitrogens with zero attached hydrogens (tertiary/aromatic N) is 1. The predicted octanol–water partition coefficient (Wildman–Crippen LogP) is 3.84. The summed E-state index contributed by atoms with van der Waals surface area (Å²) in [7, 11) is -3.53. The van der Waals surface area contributed by atoms with Crippen LogP contribution in [0.5, 0.6) is 0 Å². The van der Waals surface area contributed by atoms with E-state index in [1.165, 1.54) is 29.6 Å². The molecule has 0 saturated heterocycles. The van der Waals surface area contributed by atoms with Crippen molar-refractivity contribution in [3.05, 3.63) is 28.2 Å². The van der Waals surface area contributed by atoms with E-state index in [0.717, 1.165) is 18.6 Å². The molecule has 3 atom stereocenters. The summed E-state index contributed by atoms with van der Waals surface area (Å²) in [5, 5.41) is 3.85. The molecule has 2 bridgehead atoms. The third-order valence-electron chi connectivity index (χ3n) is 5.43. The highest BCUT2D eigenvalue weighted by molar-refractivity contribution is 7.92. The van der Waals surface area contributed by atoms with E-state index in [1.54, 1.807) is 12.1 Å². The quantitative estimate of drug-likeness (QED) is 0.730. The van der Waals surface area contributed by atoms with Crippen molar-refractivity contribution in [3.63, 3.8) is 0 Å². The Morgan fingerprint density at radius 1 is 1.27 bits per heavy atom. The Bertz CT molecular complexity index is 785. The van der Waals surface area contributed by atoms with Crippen molar-refractivity contribution >= 4 is 44.8 Å². The zero-order valence-electron chi connectivity index (χ0n) is 14.7. The minimum atomic E-state index is -3.53. The Morgan fingerprint density at radius 2 is 2.04 bits per heavy atom. The molecule has 3 rings (SSSR count). The number of nitrogens with one attached hydrogen (secondary N) is 1. The van der Waals surface area contributed by atoms with Gasteiger partial charge in [-0.3, -0.25) is 9.10 Å². The molecule has 8 heteroatoms. The van der Waals surface area contributed by atoms with Crippen LogP contribution in [-0.2, 0) is 14.8 Å². The standard InChI is InChI=1S/C18H24Cl2N2O3S/c1-26(24,25)22(17-11-14(19)6-7-15(17)20)8-2-3-18(23)21-16-10-12-4-5-13(16)9-12/h6-7,11-13,16H,2-5,8-10H2,1H3,(H,21,23)/t12-,13-,16-/m0/s1. The van der Waals surface area contributed by atoms with Crippen LogP contribution >= 0.6 is 23.2 Å². The van der Waals surface area contributed by atoms with Crippen LogP contribution in [0.1, 0.15) is 38.5 Å². The number of carbonyl (C=O) groups is 1. The highest BCUT2D eigenvalue weighted by atomic mass is 35.5. The third-order valence-corrected chi connectivity index (χ3v) is 7.16. The van der Waals surface area contributed by atoms with Crippen molar-refractivity contribution in [2.24, 2.45) is 11.8 Å². The van der Waals surface area contributed by atoms with Gasteiger partial charge in [0.2, 0.25) is 15.9 Å². The average Bonchev–Trinajstić information content (AvgIpc) is 3.16. The number of hydrogen-bond acceptors (Lipinski definition) is 3. The normalized spacial score (nSPS) is 24.7. The summed E-state index contributed by atoms with van der Waals surface area (Å²) in [5.74, 6) is 1.39. The number of sulfonamides is 1. The summed E-state index contributed by atoms with van der Waals surface area (Å²) in [6.45, 7) is 0.184. The van der Waals surface area contributed by atoms with Gasteiger partial charge in [0.05, 0.1) is 17.0 Å². The Labute approximate surface area is 165 Å². The van der Waals surface area contributed by atoms with E-state index in [1.807, 2.05) is 0 Å². The number of anilines is 1. The van der Waals surface area contributed by atoms with Crippen LogP contribution in [0.25, 0.3) is 0 Å². The van der Waals surface area contributed by atoms with E-state index in [9.17, 15) is 13.2 Å². The maximum atomic E-state index is 12.2. The Morgan fingerprint density at radius 3 is 2.65 bits per heavy atom. The molecule has 26 heavy (non-hydrogen) atoms. The molecule has 0 unspecified atom stereocenters. The van der Waals surface area contributed by atoms with Crippen molar-refractivity contribution in [1.82, 2.24) is 5.32 Å². The lowest BCUT2D eigenvalue weighted by Crippen LogP contribution is -2.39. The van der Waals surface area contributed by atoms with E-state index in [0.29, 0.717) is 34.1 Å². The molecule has 2 saturated carbocycles. The van der Waals surface area contributed by atoms with Crippen molar-refractivity contribution in [2.45, 2.75) is 44.6 Å². The van der Waals surface area contributed by atoms with Gasteiger partial charge in [0, 0.05) is 24.0 Å². The van der Waals surface area contributed by atoms with E-state index in [-0.39, 0.29) is 18.9 Å². The van der Waals surface area contributed by atoms with Crippen LogP contribution in [0.15, 0.2) is 18.2 Å². The van der Waals surface area contributed by atoms with Gasteiger partial charge < -0.3 is 5.32 Å². The average molecular weight is 419 g/mol. The summed E-state index contributed by atoms with van der Waals surface area (Å²) in [4.78, 5) is 12.2. The van der Waals surface area contributed by atoms with Crippen LogP contribution in [0.4, 0.5) is 5.69 Å². The van der Waals surface area contributed by atoms with Crippen molar-refractivity contribution in [3.8, 4) is 0 Å². The third kappa shape index (κ3) is 4.65. The highest BCUT2D eigenvalue weighted by Gasteiger charge is 2.39. The minimum Gasteiger partial charge on any atom is -0.353 e. The molecule has 0 aromatic heterocycles. The number of benzene rings is 1. The van der Waals surface area contributed by atoms with Crippen LogP contribution < -0.4 is 9.62 Å². The topological polar surface area (TPSA) is 66.5 Å². The molecule has 0 heterocycles. The molecule has 0 radical (unpaired) electrons. The van der Waals surface area contributed by atoms with E-state index in [2.05, 4.69) is 5.32 Å². The van der Waals surface area contributed by atoms with E-state index >= 15 is 0 Å². The van der Waals surface area contributed by atoms with Gasteiger partial charge in [-0.1, -0.05) is 29.6 Å². The lowest BCUT2D eigenvalue weighted by Gasteiger charge is -2.25. The largest absolute Gasteiger partial charge is 0.353 e. The highest BCUT2D eigenvalue weighted by Crippen LogP contribution is 2.44. The first-order chi connectivity index (χ1) is 12.2. The summed E-state index contributed by atoms with van der Waals surface area (Å²) in [6, 6.07) is 5.01. The number of hydrogen-bond donors (Lipinski definition) is 1. The Kier molecular flexibility index (Phi) is 6.04. The van der Waals surface area contributed by atoms with Crippen LogP contribution in [-0.4, -0.2) is 33.2 Å². The first-order valence-electron chi connectivity index (χ1n) is 8.96. The maximum Gasteiger partial charge on any atom is 0.232 e. The fourth-order valence-electron chi connectivity index (χ4n) is 4.23. The van der Waals surface area contributed by atoms with Gasteiger partial charge in [0.15, 0.2) is 0 Å². The fourth-order valence-corrected chi connectivity index (χ4v) is 5.63. The number of rotatable bonds is 7. The van der Waals surface area contributed by atoms with Gasteiger partial charge in [0.1, 0.15) is 0 Å². The van der Waals surface area contributed by atoms with Crippen LogP contribution in [0.2, 0.25) is 10.0 Å². The van der Waals surface area contributed by atoms with Gasteiger partial charge in [-0.2, -0.15) is 0 Å². The molecule has 144 valence electrons. The van der Waals surface area contributed by atoms with Gasteiger partial charge in [-0.05, 0) is 55.7 Å². The molecule has 2 aliphatic carbocycles. The monoisotopic (exact) mass is 418 g/mol. The summed E-state index contributed by atoms with van der Waals surface area (Å²) < 4.78 is 25.5. The summed E-state index contributed by atoms with van der Waals surface area (Å²) >= 11 is 12.1. The molecule has 0 aliphatic heterocycles. The number of amides is 1. The molecule has 1 amide bonds. The number of halogens is 2. The van der Waals surface area contributed by atoms with Crippen molar-refractivity contribution in [2.75, 3.05) is 17.1 Å². The zero-order chi connectivity index (χ0) is 18.9. The van der Waals surface area contributed by atoms with Gasteiger partial charge >= 0.3 is 0 Å². The minimum absolute atomic E-state index is 0.00630. The predicted molar refractivity (Wildman–Crippen MR) is 105 cm³/mol. The Balaban J connectivity index is 1.57. The second-order valence-electron chi connectivity index (χ2n) is 7.38. The van der Waals surface area contributed by atoms with E-state index < -0.39 is 10.0 Å². The second kappa shape index (κ2) is 7.95. The van der Waals surface area contributed by atoms with Crippen LogP contribution in [0, 0.1) is 11.8 Å². The zero-order valence-corrected chi connectivity index (χ0v) is 17.1. The van der Waals surface area contributed by atoms with Gasteiger partial charge in [-0.15, -0.1) is 0 Å². The Hall–Kier alpha value is -0.980. The molecule has 1 N–H and O–H groups in total. The first-order valence-corrected chi connectivity index (χ1v) is 11.6. The summed E-state index contributed by atoms with van der Waals surface area (Å²) in [5.41, 5.74) is 0.343. The number of carbonyl (C=O) groups excluding carboxylic acids is 1. The van der Waals surface area contributed by atoms with Gasteiger partial charge in [-0.25, -0.2) is 8.42 Å². The van der Waals surface area contributed by atoms with E-state index in [4.69, 9.17) is 23.2 Å². The van der Waals surface area contributed by atoms with Crippen molar-refractivity contribution in [1.29, 1.82) is 0 Å². The maximum absolute atomic E-state index is 12.2. The fraction of sp³-hybridized carbons (Fsp3) is 0.611. The molecule has 0 spiro atoms. The first kappa shape index (κ1) is 19.8. The molecular weight excluding hydrogens is 395 g/mol. The molecule has 5 nitrogen and oxygen atoms in total. The molecule has 2 fully saturated rings. The molecular formula is C18H24Cl2N2O3S. The molecule has 2 aliphatic rings.